The highest BCUT2D eigenvalue weighted by molar-refractivity contribution is 5.97. The molecule has 0 atom stereocenters. The summed E-state index contributed by atoms with van der Waals surface area (Å²) >= 11 is 0. The molecule has 6 heteroatoms. The lowest BCUT2D eigenvalue weighted by molar-refractivity contribution is -0.143. The van der Waals surface area contributed by atoms with E-state index in [0.717, 1.165) is 10.9 Å². The zero-order chi connectivity index (χ0) is 14.4. The molecule has 0 radical (unpaired) electrons. The minimum Gasteiger partial charge on any atom is -0.466 e. The van der Waals surface area contributed by atoms with Gasteiger partial charge in [-0.05, 0) is 31.5 Å². The quantitative estimate of drug-likeness (QED) is 0.620. The Kier molecular flexibility index (Phi) is 4.70. The number of fused-ring (bicyclic) bond motifs is 1. The van der Waals surface area contributed by atoms with Crippen molar-refractivity contribution in [1.82, 2.24) is 15.5 Å². The van der Waals surface area contributed by atoms with Gasteiger partial charge >= 0.3 is 5.97 Å². The van der Waals surface area contributed by atoms with Gasteiger partial charge in [-0.2, -0.15) is 5.10 Å². The number of aromatic nitrogens is 2. The molecular formula is C14H17N3O3. The second kappa shape index (κ2) is 6.70. The van der Waals surface area contributed by atoms with Crippen molar-refractivity contribution in [2.75, 3.05) is 13.2 Å². The summed E-state index contributed by atoms with van der Waals surface area (Å²) in [7, 11) is 0. The molecular weight excluding hydrogens is 258 g/mol. The van der Waals surface area contributed by atoms with E-state index in [1.54, 1.807) is 25.3 Å². The Balaban J connectivity index is 1.81. The topological polar surface area (TPSA) is 84.1 Å². The van der Waals surface area contributed by atoms with Crippen LogP contribution in [0.5, 0.6) is 0 Å². The molecule has 0 saturated carbocycles. The monoisotopic (exact) mass is 275 g/mol. The highest BCUT2D eigenvalue weighted by atomic mass is 16.5. The summed E-state index contributed by atoms with van der Waals surface area (Å²) in [6, 6.07) is 5.33. The van der Waals surface area contributed by atoms with Gasteiger partial charge in [0.2, 0.25) is 0 Å². The van der Waals surface area contributed by atoms with Crippen molar-refractivity contribution in [3.05, 3.63) is 30.0 Å². The van der Waals surface area contributed by atoms with Crippen LogP contribution in [-0.4, -0.2) is 35.2 Å². The molecule has 0 aliphatic rings. The molecule has 2 N–H and O–H groups in total. The molecule has 1 amide bonds. The Morgan fingerprint density at radius 1 is 1.40 bits per heavy atom. The average molecular weight is 275 g/mol. The van der Waals surface area contributed by atoms with Crippen LogP contribution in [0.4, 0.5) is 0 Å². The SMILES string of the molecule is CCOC(=O)CCCNC(=O)c1ccc2[nH]ncc2c1. The molecule has 1 aromatic carbocycles. The van der Waals surface area contributed by atoms with Gasteiger partial charge < -0.3 is 10.1 Å². The number of esters is 1. The number of amides is 1. The zero-order valence-corrected chi connectivity index (χ0v) is 11.3. The van der Waals surface area contributed by atoms with Gasteiger partial charge in [0.05, 0.1) is 18.3 Å². The zero-order valence-electron chi connectivity index (χ0n) is 11.3. The molecule has 0 aliphatic heterocycles. The van der Waals surface area contributed by atoms with Crippen molar-refractivity contribution in [2.24, 2.45) is 0 Å². The first kappa shape index (κ1) is 14.0. The summed E-state index contributed by atoms with van der Waals surface area (Å²) in [4.78, 5) is 23.1. The standard InChI is InChI=1S/C14H17N3O3/c1-2-20-13(18)4-3-7-15-14(19)10-5-6-12-11(8-10)9-16-17-12/h5-6,8-9H,2-4,7H2,1H3,(H,15,19)(H,16,17). The summed E-state index contributed by atoms with van der Waals surface area (Å²) in [5.41, 5.74) is 1.47. The maximum Gasteiger partial charge on any atom is 0.305 e. The van der Waals surface area contributed by atoms with E-state index in [-0.39, 0.29) is 11.9 Å². The average Bonchev–Trinajstić information content (AvgIpc) is 2.91. The van der Waals surface area contributed by atoms with Gasteiger partial charge in [-0.3, -0.25) is 14.7 Å². The highest BCUT2D eigenvalue weighted by Gasteiger charge is 2.07. The molecule has 0 unspecified atom stereocenters. The maximum absolute atomic E-state index is 11.9. The number of aromatic amines is 1. The number of nitrogens with one attached hydrogen (secondary N) is 2. The molecule has 2 rings (SSSR count). The van der Waals surface area contributed by atoms with Crippen LogP contribution in [-0.2, 0) is 9.53 Å². The Morgan fingerprint density at radius 3 is 3.05 bits per heavy atom. The molecule has 0 aliphatic carbocycles. The maximum atomic E-state index is 11.9. The van der Waals surface area contributed by atoms with E-state index in [9.17, 15) is 9.59 Å². The number of ether oxygens (including phenoxy) is 1. The van der Waals surface area contributed by atoms with E-state index in [0.29, 0.717) is 31.6 Å². The molecule has 0 spiro atoms. The summed E-state index contributed by atoms with van der Waals surface area (Å²) in [6.07, 6.45) is 2.56. The fraction of sp³-hybridized carbons (Fsp3) is 0.357. The molecule has 0 fully saturated rings. The van der Waals surface area contributed by atoms with Crippen LogP contribution in [0.25, 0.3) is 10.9 Å². The number of H-pyrrole nitrogens is 1. The van der Waals surface area contributed by atoms with E-state index in [1.807, 2.05) is 6.07 Å². The Hall–Kier alpha value is -2.37. The van der Waals surface area contributed by atoms with E-state index >= 15 is 0 Å². The molecule has 0 saturated heterocycles. The second-order valence-electron chi connectivity index (χ2n) is 4.34. The number of nitrogens with zero attached hydrogens (tertiary/aromatic N) is 1. The van der Waals surface area contributed by atoms with E-state index in [1.165, 1.54) is 0 Å². The second-order valence-corrected chi connectivity index (χ2v) is 4.34. The van der Waals surface area contributed by atoms with Crippen molar-refractivity contribution in [2.45, 2.75) is 19.8 Å². The smallest absolute Gasteiger partial charge is 0.305 e. The number of hydrogen-bond donors (Lipinski definition) is 2. The van der Waals surface area contributed by atoms with Crippen LogP contribution in [0.15, 0.2) is 24.4 Å². The Labute approximate surface area is 116 Å². The number of carbonyl (C=O) groups excluding carboxylic acids is 2. The summed E-state index contributed by atoms with van der Waals surface area (Å²) in [5, 5.41) is 10.4. The van der Waals surface area contributed by atoms with Crippen LogP contribution >= 0.6 is 0 Å². The minimum absolute atomic E-state index is 0.156. The van der Waals surface area contributed by atoms with Gasteiger partial charge in [0.25, 0.3) is 5.91 Å². The molecule has 106 valence electrons. The van der Waals surface area contributed by atoms with Crippen molar-refractivity contribution in [1.29, 1.82) is 0 Å². The van der Waals surface area contributed by atoms with Crippen molar-refractivity contribution < 1.29 is 14.3 Å². The van der Waals surface area contributed by atoms with Gasteiger partial charge in [-0.15, -0.1) is 0 Å². The molecule has 2 aromatic rings. The highest BCUT2D eigenvalue weighted by Crippen LogP contribution is 2.12. The van der Waals surface area contributed by atoms with Crippen LogP contribution < -0.4 is 5.32 Å². The number of rotatable bonds is 6. The fourth-order valence-corrected chi connectivity index (χ4v) is 1.85. The number of carbonyl (C=O) groups is 2. The molecule has 20 heavy (non-hydrogen) atoms. The fourth-order valence-electron chi connectivity index (χ4n) is 1.85. The lowest BCUT2D eigenvalue weighted by Crippen LogP contribution is -2.25. The first-order valence-corrected chi connectivity index (χ1v) is 6.57. The normalized spacial score (nSPS) is 10.4. The summed E-state index contributed by atoms with van der Waals surface area (Å²) in [6.45, 7) is 2.60. The van der Waals surface area contributed by atoms with Gasteiger partial charge in [0.15, 0.2) is 0 Å². The Morgan fingerprint density at radius 2 is 2.25 bits per heavy atom. The minimum atomic E-state index is -0.235. The predicted molar refractivity (Wildman–Crippen MR) is 74.3 cm³/mol. The lowest BCUT2D eigenvalue weighted by Gasteiger charge is -2.05. The number of hydrogen-bond acceptors (Lipinski definition) is 4. The third kappa shape index (κ3) is 3.57. The van der Waals surface area contributed by atoms with Crippen LogP contribution in [0, 0.1) is 0 Å². The van der Waals surface area contributed by atoms with Crippen LogP contribution in [0.1, 0.15) is 30.1 Å². The van der Waals surface area contributed by atoms with Crippen LogP contribution in [0.3, 0.4) is 0 Å². The van der Waals surface area contributed by atoms with E-state index in [2.05, 4.69) is 15.5 Å². The first-order chi connectivity index (χ1) is 9.70. The predicted octanol–water partition coefficient (Wildman–Crippen LogP) is 1.64. The first-order valence-electron chi connectivity index (χ1n) is 6.57. The van der Waals surface area contributed by atoms with Crippen molar-refractivity contribution in [3.8, 4) is 0 Å². The summed E-state index contributed by atoms with van der Waals surface area (Å²) in [5.74, 6) is -0.390. The number of benzene rings is 1. The lowest BCUT2D eigenvalue weighted by atomic mass is 10.1. The molecule has 6 nitrogen and oxygen atoms in total. The van der Waals surface area contributed by atoms with Crippen LogP contribution in [0.2, 0.25) is 0 Å². The van der Waals surface area contributed by atoms with Gasteiger partial charge in [0.1, 0.15) is 0 Å². The summed E-state index contributed by atoms with van der Waals surface area (Å²) < 4.78 is 4.81. The molecule has 0 bridgehead atoms. The largest absolute Gasteiger partial charge is 0.466 e. The van der Waals surface area contributed by atoms with Gasteiger partial charge in [-0.1, -0.05) is 0 Å². The van der Waals surface area contributed by atoms with Gasteiger partial charge in [0, 0.05) is 23.9 Å². The third-order valence-corrected chi connectivity index (χ3v) is 2.85. The molecule has 1 aromatic heterocycles. The van der Waals surface area contributed by atoms with E-state index in [4.69, 9.17) is 4.74 Å². The third-order valence-electron chi connectivity index (χ3n) is 2.85. The Bertz CT molecular complexity index is 606. The van der Waals surface area contributed by atoms with Crippen molar-refractivity contribution >= 4 is 22.8 Å². The molecule has 1 heterocycles. The van der Waals surface area contributed by atoms with E-state index < -0.39 is 0 Å². The van der Waals surface area contributed by atoms with Gasteiger partial charge in [-0.25, -0.2) is 0 Å². The van der Waals surface area contributed by atoms with Crippen molar-refractivity contribution in [3.63, 3.8) is 0 Å².